The zero-order valence-corrected chi connectivity index (χ0v) is 12.5. The van der Waals surface area contributed by atoms with Crippen LogP contribution in [0.5, 0.6) is 0 Å². The minimum Gasteiger partial charge on any atom is -0.449 e. The molecule has 0 saturated carbocycles. The number of nitrogens with two attached hydrogens (primary N) is 1. The Morgan fingerprint density at radius 2 is 2.33 bits per heavy atom. The highest BCUT2D eigenvalue weighted by Crippen LogP contribution is 1.99. The second-order valence-electron chi connectivity index (χ2n) is 2.39. The molecular formula is C5H19NO3Si3. The van der Waals surface area contributed by atoms with E-state index in [1.807, 2.05) is 6.92 Å². The number of hydrogen-bond acceptors (Lipinski definition) is 4. The Kier molecular flexibility index (Phi) is 9.97. The zero-order chi connectivity index (χ0) is 9.23. The first-order valence-electron chi connectivity index (χ1n) is 4.27. The first-order chi connectivity index (χ1) is 5.85. The third-order valence-corrected chi connectivity index (χ3v) is 5.93. The number of hydrogen-bond donors (Lipinski definition) is 1. The van der Waals surface area contributed by atoms with Crippen LogP contribution in [0.1, 0.15) is 13.3 Å². The summed E-state index contributed by atoms with van der Waals surface area (Å²) in [6.07, 6.45) is 1.01. The molecule has 0 aliphatic carbocycles. The van der Waals surface area contributed by atoms with Gasteiger partial charge in [0.1, 0.15) is 10.5 Å². The molecule has 0 aliphatic heterocycles. The molecule has 12 heavy (non-hydrogen) atoms. The van der Waals surface area contributed by atoms with Gasteiger partial charge in [0.25, 0.3) is 10.0 Å². The van der Waals surface area contributed by atoms with Crippen LogP contribution in [0.25, 0.3) is 0 Å². The molecule has 74 valence electrons. The van der Waals surface area contributed by atoms with Crippen LogP contribution >= 0.6 is 0 Å². The molecule has 4 nitrogen and oxygen atoms in total. The van der Waals surface area contributed by atoms with Gasteiger partial charge in [-0.25, -0.2) is 0 Å². The fourth-order valence-corrected chi connectivity index (χ4v) is 5.36. The summed E-state index contributed by atoms with van der Waals surface area (Å²) in [5, 5.41) is 0. The summed E-state index contributed by atoms with van der Waals surface area (Å²) in [5.74, 6) is 0. The van der Waals surface area contributed by atoms with Crippen LogP contribution in [-0.4, -0.2) is 42.9 Å². The Hall–Kier alpha value is 0.491. The molecule has 0 bridgehead atoms. The van der Waals surface area contributed by atoms with Crippen LogP contribution in [-0.2, 0) is 12.7 Å². The minimum atomic E-state index is -1.39. The molecule has 7 heteroatoms. The summed E-state index contributed by atoms with van der Waals surface area (Å²) < 4.78 is 16.1. The molecule has 1 unspecified atom stereocenters. The van der Waals surface area contributed by atoms with Crippen molar-refractivity contribution in [3.05, 3.63) is 0 Å². The molecule has 1 atom stereocenters. The van der Waals surface area contributed by atoms with Crippen molar-refractivity contribution in [2.45, 2.75) is 19.4 Å². The van der Waals surface area contributed by atoms with Crippen molar-refractivity contribution in [1.29, 1.82) is 0 Å². The van der Waals surface area contributed by atoms with Gasteiger partial charge in [0.05, 0.1) is 0 Å². The summed E-state index contributed by atoms with van der Waals surface area (Å²) in [5.41, 5.74) is 5.40. The van der Waals surface area contributed by atoms with Gasteiger partial charge in [-0.05, 0) is 25.9 Å². The summed E-state index contributed by atoms with van der Waals surface area (Å²) in [6.45, 7) is 3.47. The average molecular weight is 225 g/mol. The van der Waals surface area contributed by atoms with E-state index in [0.717, 1.165) is 36.1 Å². The van der Waals surface area contributed by atoms with Crippen molar-refractivity contribution in [3.8, 4) is 0 Å². The second kappa shape index (κ2) is 9.58. The molecule has 0 radical (unpaired) electrons. The predicted molar refractivity (Wildman–Crippen MR) is 57.9 cm³/mol. The summed E-state index contributed by atoms with van der Waals surface area (Å²) in [4.78, 5) is 0. The smallest absolute Gasteiger partial charge is 0.312 e. The summed E-state index contributed by atoms with van der Waals surface area (Å²) in [7, 11) is -1.32. The zero-order valence-electron chi connectivity index (χ0n) is 7.91. The highest BCUT2D eigenvalue weighted by molar-refractivity contribution is 6.52. The van der Waals surface area contributed by atoms with Gasteiger partial charge in [-0.2, -0.15) is 0 Å². The van der Waals surface area contributed by atoms with Crippen molar-refractivity contribution in [1.82, 2.24) is 0 Å². The van der Waals surface area contributed by atoms with Gasteiger partial charge in [-0.1, -0.05) is 0 Å². The molecule has 0 aromatic rings. The standard InChI is InChI=1S/C5H19NO3Si3/c1-2-7-12(5-3-4-6)9-11-8-10/h12H,2-6,11H2,1,10H3. The maximum absolute atomic E-state index is 5.55. The van der Waals surface area contributed by atoms with Gasteiger partial charge in [-0.3, -0.25) is 0 Å². The molecule has 0 aromatic heterocycles. The first kappa shape index (κ1) is 12.5. The van der Waals surface area contributed by atoms with E-state index in [9.17, 15) is 0 Å². The Balaban J connectivity index is 3.40. The summed E-state index contributed by atoms with van der Waals surface area (Å²) in [6, 6.07) is 1.02. The Morgan fingerprint density at radius 1 is 1.58 bits per heavy atom. The highest BCUT2D eigenvalue weighted by Gasteiger charge is 2.10. The lowest BCUT2D eigenvalue weighted by molar-refractivity contribution is 0.275. The molecule has 2 N–H and O–H groups in total. The molecule has 0 saturated heterocycles. The quantitative estimate of drug-likeness (QED) is 0.481. The van der Waals surface area contributed by atoms with Crippen LogP contribution < -0.4 is 5.73 Å². The highest BCUT2D eigenvalue weighted by atomic mass is 28.4. The Labute approximate surface area is 81.2 Å². The Bertz CT molecular complexity index is 90.0. The van der Waals surface area contributed by atoms with E-state index < -0.39 is 19.3 Å². The lowest BCUT2D eigenvalue weighted by atomic mass is 10.5. The first-order valence-corrected chi connectivity index (χ1v) is 8.00. The fourth-order valence-electron chi connectivity index (χ4n) is 0.829. The van der Waals surface area contributed by atoms with Crippen molar-refractivity contribution >= 4 is 29.8 Å². The van der Waals surface area contributed by atoms with E-state index in [1.54, 1.807) is 0 Å². The van der Waals surface area contributed by atoms with E-state index in [0.29, 0.717) is 0 Å². The SMILES string of the molecule is CCO[SiH](CCCN)O[SiH2]O[SiH3]. The third-order valence-electron chi connectivity index (χ3n) is 1.37. The molecule has 0 rings (SSSR count). The van der Waals surface area contributed by atoms with Crippen molar-refractivity contribution in [2.75, 3.05) is 13.2 Å². The van der Waals surface area contributed by atoms with Crippen molar-refractivity contribution in [2.24, 2.45) is 5.73 Å². The topological polar surface area (TPSA) is 53.7 Å². The predicted octanol–water partition coefficient (Wildman–Crippen LogP) is -2.10. The van der Waals surface area contributed by atoms with E-state index in [2.05, 4.69) is 0 Å². The maximum atomic E-state index is 5.55. The van der Waals surface area contributed by atoms with Crippen LogP contribution in [0.4, 0.5) is 0 Å². The van der Waals surface area contributed by atoms with E-state index in [1.165, 1.54) is 0 Å². The van der Waals surface area contributed by atoms with Gasteiger partial charge in [0.15, 0.2) is 0 Å². The van der Waals surface area contributed by atoms with Gasteiger partial charge >= 0.3 is 9.28 Å². The maximum Gasteiger partial charge on any atom is 0.312 e. The van der Waals surface area contributed by atoms with Crippen LogP contribution in [0.2, 0.25) is 6.04 Å². The molecule has 0 aliphatic rings. The second-order valence-corrected chi connectivity index (χ2v) is 8.04. The van der Waals surface area contributed by atoms with Gasteiger partial charge in [0, 0.05) is 6.61 Å². The van der Waals surface area contributed by atoms with E-state index in [4.69, 9.17) is 18.4 Å². The molecule has 0 amide bonds. The average Bonchev–Trinajstić information content (AvgIpc) is 2.10. The van der Waals surface area contributed by atoms with Gasteiger partial charge in [-0.15, -0.1) is 0 Å². The molecule has 0 spiro atoms. The molecular weight excluding hydrogens is 206 g/mol. The molecule has 0 fully saturated rings. The third kappa shape index (κ3) is 7.16. The van der Waals surface area contributed by atoms with Crippen LogP contribution in [0, 0.1) is 0 Å². The largest absolute Gasteiger partial charge is 0.449 e. The van der Waals surface area contributed by atoms with Gasteiger partial charge < -0.3 is 18.4 Å². The van der Waals surface area contributed by atoms with Crippen molar-refractivity contribution in [3.63, 3.8) is 0 Å². The molecule has 0 heterocycles. The van der Waals surface area contributed by atoms with E-state index in [-0.39, 0.29) is 0 Å². The normalized spacial score (nSPS) is 14.5. The van der Waals surface area contributed by atoms with Crippen molar-refractivity contribution < 1.29 is 12.7 Å². The lowest BCUT2D eigenvalue weighted by Crippen LogP contribution is -2.26. The summed E-state index contributed by atoms with van der Waals surface area (Å²) >= 11 is 0. The minimum absolute atomic E-state index is 0.716. The molecule has 0 aromatic carbocycles. The van der Waals surface area contributed by atoms with E-state index >= 15 is 0 Å². The van der Waals surface area contributed by atoms with Crippen LogP contribution in [0.15, 0.2) is 0 Å². The Morgan fingerprint density at radius 3 is 2.83 bits per heavy atom. The van der Waals surface area contributed by atoms with Crippen LogP contribution in [0.3, 0.4) is 0 Å². The monoisotopic (exact) mass is 225 g/mol. The number of rotatable bonds is 8. The van der Waals surface area contributed by atoms with Gasteiger partial charge in [0.2, 0.25) is 0 Å². The lowest BCUT2D eigenvalue weighted by Gasteiger charge is -2.14. The fraction of sp³-hybridized carbons (Fsp3) is 1.00.